The molecule has 4 amide bonds. The third-order valence-electron chi connectivity index (χ3n) is 18.6. The van der Waals surface area contributed by atoms with E-state index < -0.39 is 11.9 Å². The largest absolute Gasteiger partial charge is 0.421 e. The van der Waals surface area contributed by atoms with Crippen LogP contribution in [-0.4, -0.2) is 67.1 Å². The Morgan fingerprint density at radius 3 is 1.64 bits per heavy atom. The van der Waals surface area contributed by atoms with Crippen molar-refractivity contribution in [2.45, 2.75) is 116 Å². The van der Waals surface area contributed by atoms with Gasteiger partial charge >= 0.3 is 0 Å². The van der Waals surface area contributed by atoms with Crippen molar-refractivity contribution in [2.75, 3.05) is 13.1 Å². The minimum absolute atomic E-state index is 0.0890. The topological polar surface area (TPSA) is 220 Å². The predicted octanol–water partition coefficient (Wildman–Crippen LogP) is 13.9. The van der Waals surface area contributed by atoms with Gasteiger partial charge in [-0.2, -0.15) is 0 Å². The minimum atomic E-state index is -0.477. The van der Waals surface area contributed by atoms with Gasteiger partial charge in [0.05, 0.1) is 66.9 Å². The molecule has 16 nitrogen and oxygen atoms in total. The lowest BCUT2D eigenvalue weighted by atomic mass is 9.82. The third-order valence-corrected chi connectivity index (χ3v) is 20.8. The van der Waals surface area contributed by atoms with Crippen LogP contribution in [-0.2, 0) is 32.1 Å². The fraction of sp³-hybridized carbons (Fsp3) is 0.306. The van der Waals surface area contributed by atoms with Crippen molar-refractivity contribution >= 4 is 46.3 Å². The fourth-order valence-corrected chi connectivity index (χ4v) is 15.9. The zero-order valence-corrected chi connectivity index (χ0v) is 53.2. The number of thiophene rings is 2. The maximum atomic E-state index is 16.0. The second kappa shape index (κ2) is 24.7. The van der Waals surface area contributed by atoms with Gasteiger partial charge in [0.1, 0.15) is 11.6 Å². The summed E-state index contributed by atoms with van der Waals surface area (Å²) in [6, 6.07) is 34.0. The number of halogens is 2. The second-order valence-corrected chi connectivity index (χ2v) is 27.2. The van der Waals surface area contributed by atoms with Crippen molar-refractivity contribution in [3.8, 4) is 43.8 Å². The molecule has 4 aliphatic rings. The number of aromatic nitrogens is 6. The molecule has 10 aromatic rings. The molecule has 92 heavy (non-hydrogen) atoms. The molecule has 20 heteroatoms. The van der Waals surface area contributed by atoms with Gasteiger partial charge in [0.2, 0.25) is 23.6 Å². The summed E-state index contributed by atoms with van der Waals surface area (Å²) in [5, 5.41) is 30.3. The summed E-state index contributed by atoms with van der Waals surface area (Å²) in [7, 11) is 0. The van der Waals surface area contributed by atoms with Crippen molar-refractivity contribution in [3.63, 3.8) is 0 Å². The zero-order valence-electron chi connectivity index (χ0n) is 51.6. The van der Waals surface area contributed by atoms with E-state index in [1.54, 1.807) is 44.2 Å². The van der Waals surface area contributed by atoms with Crippen LogP contribution in [0.1, 0.15) is 184 Å². The Labute approximate surface area is 538 Å². The number of benzene rings is 4. The van der Waals surface area contributed by atoms with E-state index >= 15 is 4.39 Å². The van der Waals surface area contributed by atoms with Gasteiger partial charge in [0, 0.05) is 65.6 Å². The molecular formula is C72H66F2N10O6S2. The lowest BCUT2D eigenvalue weighted by Crippen LogP contribution is -2.38. The van der Waals surface area contributed by atoms with Gasteiger partial charge in [-0.3, -0.25) is 29.1 Å². The zero-order chi connectivity index (χ0) is 63.6. The summed E-state index contributed by atoms with van der Waals surface area (Å²) < 4.78 is 42.4. The molecule has 0 bridgehead atoms. The van der Waals surface area contributed by atoms with Crippen LogP contribution in [0.5, 0.6) is 0 Å². The van der Waals surface area contributed by atoms with Gasteiger partial charge in [0.15, 0.2) is 0 Å². The standard InChI is InChI=1S/C72H66F2N10O6S2/c1-35(2)49-33-75-69(87)63-61(59(71-83-81-37(5)89-71)52(77-65(49)63)24-17-39-15-21-42(73)22-16-39)55-28-30-58(92-55)68(86)80-54-32-48(45-13-9-10-14-46(45)54)47-31-43(74)23-18-41(47)20-26-53-60(72-84-82-38(6)90-72)62(64-66(78-53)50(36(3)4)34-76-70(64)88)56-27-29-57(91-56)67(85)79-51-25-19-40-11-7-8-12-44(40)51/h7-16,18,21-23,27-31,35-36,48-51,54H,17,19-20,24-26,32-34H2,1-6H3,(H,75,87)(H,76,88)(H,79,85)(H,80,86)/t48?,49-,50-,51-,54+/m1/s1. The van der Waals surface area contributed by atoms with E-state index in [-0.39, 0.29) is 76.9 Å². The lowest BCUT2D eigenvalue weighted by molar-refractivity contribution is 0.0927. The fourth-order valence-electron chi connectivity index (χ4n) is 14.0. The van der Waals surface area contributed by atoms with Crippen LogP contribution in [0.2, 0.25) is 0 Å². The molecule has 14 rings (SSSR count). The smallest absolute Gasteiger partial charge is 0.261 e. The van der Waals surface area contributed by atoms with Crippen LogP contribution in [0.4, 0.5) is 8.78 Å². The maximum absolute atomic E-state index is 16.0. The minimum Gasteiger partial charge on any atom is -0.421 e. The number of nitrogens with zero attached hydrogens (tertiary/aromatic N) is 6. The summed E-state index contributed by atoms with van der Waals surface area (Å²) >= 11 is 2.54. The first kappa shape index (κ1) is 60.2. The summed E-state index contributed by atoms with van der Waals surface area (Å²) in [5.41, 5.74) is 12.2. The number of nitrogens with one attached hydrogen (secondary N) is 4. The number of hydrogen-bond acceptors (Lipinski definition) is 14. The van der Waals surface area contributed by atoms with E-state index in [4.69, 9.17) is 18.8 Å². The van der Waals surface area contributed by atoms with Gasteiger partial charge in [-0.15, -0.1) is 43.1 Å². The van der Waals surface area contributed by atoms with Crippen molar-refractivity contribution in [1.29, 1.82) is 0 Å². The number of pyridine rings is 2. The van der Waals surface area contributed by atoms with Crippen LogP contribution >= 0.6 is 22.7 Å². The Balaban J connectivity index is 0.787. The number of fused-ring (bicyclic) bond motifs is 4. The highest BCUT2D eigenvalue weighted by Crippen LogP contribution is 2.49. The van der Waals surface area contributed by atoms with Crippen LogP contribution in [0.15, 0.2) is 124 Å². The SMILES string of the molecule is Cc1nnc(-c2c(CCc3ccc(F)cc3)nc3c(c2-c2ccc(C(=O)N[C@H]4CC(c5cc(F)ccc5CCc5nc6c(c(-c7ccc(C(=O)N[C@@H]8CCc9ccccc98)s7)c5-c5nnc(C)o5)C(=O)NC[C@@H]6C(C)C)c5ccccc54)s2)C(=O)NC[C@@H]3C(C)C)o1. The molecule has 0 saturated heterocycles. The molecule has 4 aromatic carbocycles. The molecule has 8 heterocycles. The number of carbonyl (C=O) groups excluding carboxylic acids is 4. The van der Waals surface area contributed by atoms with Gasteiger partial charge in [0.25, 0.3) is 23.6 Å². The van der Waals surface area contributed by atoms with Crippen LogP contribution in [0.25, 0.3) is 43.8 Å². The Bertz CT molecular complexity index is 4570. The highest BCUT2D eigenvalue weighted by Gasteiger charge is 2.40. The van der Waals surface area contributed by atoms with Gasteiger partial charge < -0.3 is 30.1 Å². The monoisotopic (exact) mass is 1270 g/mol. The van der Waals surface area contributed by atoms with Crippen molar-refractivity contribution in [3.05, 3.63) is 221 Å². The molecular weight excluding hydrogens is 1200 g/mol. The second-order valence-electron chi connectivity index (χ2n) is 25.0. The quantitative estimate of drug-likeness (QED) is 0.0669. The van der Waals surface area contributed by atoms with Gasteiger partial charge in [-0.1, -0.05) is 94.4 Å². The van der Waals surface area contributed by atoms with Crippen LogP contribution in [0.3, 0.4) is 0 Å². The predicted molar refractivity (Wildman–Crippen MR) is 347 cm³/mol. The van der Waals surface area contributed by atoms with E-state index in [2.05, 4.69) is 81.5 Å². The lowest BCUT2D eigenvalue weighted by Gasteiger charge is -2.30. The van der Waals surface area contributed by atoms with E-state index in [0.717, 1.165) is 46.2 Å². The molecule has 6 aromatic heterocycles. The molecule has 0 saturated carbocycles. The third kappa shape index (κ3) is 11.3. The Morgan fingerprint density at radius 1 is 0.565 bits per heavy atom. The first-order valence-electron chi connectivity index (χ1n) is 31.4. The Morgan fingerprint density at radius 2 is 1.09 bits per heavy atom. The number of rotatable bonds is 17. The highest BCUT2D eigenvalue weighted by atomic mass is 32.1. The molecule has 4 N–H and O–H groups in total. The number of aryl methyl sites for hydroxylation is 7. The molecule has 2 aliphatic heterocycles. The highest BCUT2D eigenvalue weighted by molar-refractivity contribution is 7.17. The Hall–Kier alpha value is -9.40. The number of amides is 4. The van der Waals surface area contributed by atoms with Gasteiger partial charge in [-0.05, 0) is 144 Å². The summed E-state index contributed by atoms with van der Waals surface area (Å²) in [4.78, 5) is 70.6. The first-order valence-corrected chi connectivity index (χ1v) is 33.0. The summed E-state index contributed by atoms with van der Waals surface area (Å²) in [6.07, 6.45) is 3.73. The van der Waals surface area contributed by atoms with E-state index in [1.165, 1.54) is 46.4 Å². The normalized spacial score (nSPS) is 18.1. The molecule has 1 unspecified atom stereocenters. The van der Waals surface area contributed by atoms with E-state index in [1.807, 2.05) is 54.6 Å². The first-order chi connectivity index (χ1) is 44.5. The van der Waals surface area contributed by atoms with Crippen LogP contribution < -0.4 is 21.3 Å². The van der Waals surface area contributed by atoms with E-state index in [9.17, 15) is 23.6 Å². The maximum Gasteiger partial charge on any atom is 0.261 e. The molecule has 466 valence electrons. The summed E-state index contributed by atoms with van der Waals surface area (Å²) in [5.74, 6) is -1.26. The molecule has 2 aliphatic carbocycles. The average Bonchev–Trinajstić information content (AvgIpc) is 1.30. The van der Waals surface area contributed by atoms with Crippen molar-refractivity contribution in [2.24, 2.45) is 11.8 Å². The van der Waals surface area contributed by atoms with Crippen LogP contribution in [0, 0.1) is 37.3 Å². The van der Waals surface area contributed by atoms with E-state index in [0.29, 0.717) is 133 Å². The molecule has 5 atom stereocenters. The molecule has 0 spiro atoms. The average molecular weight is 1270 g/mol. The van der Waals surface area contributed by atoms with Gasteiger partial charge in [-0.25, -0.2) is 8.78 Å². The summed E-state index contributed by atoms with van der Waals surface area (Å²) in [6.45, 7) is 12.6. The van der Waals surface area contributed by atoms with Crippen molar-refractivity contribution < 1.29 is 36.8 Å². The Kier molecular flexibility index (Phi) is 16.1. The van der Waals surface area contributed by atoms with Crippen molar-refractivity contribution in [1.82, 2.24) is 51.6 Å². The number of hydrogen-bond donors (Lipinski definition) is 4. The molecule has 0 fully saturated rings. The molecule has 0 radical (unpaired) electrons. The number of carbonyl (C=O) groups is 4.